The Balaban J connectivity index is 2.51. The molecule has 6 N–H and O–H groups in total. The molecule has 0 aromatic rings. The number of rotatable bonds is 38. The van der Waals surface area contributed by atoms with Crippen molar-refractivity contribution in [2.45, 2.75) is 211 Å². The molecule has 1 fully saturated rings. The highest BCUT2D eigenvalue weighted by atomic mass is 31.2. The van der Waals surface area contributed by atoms with E-state index in [1.807, 2.05) is 12.2 Å². The summed E-state index contributed by atoms with van der Waals surface area (Å²) in [4.78, 5) is 35.7. The van der Waals surface area contributed by atoms with Gasteiger partial charge in [-0.3, -0.25) is 18.6 Å². The Morgan fingerprint density at radius 3 is 1.38 bits per heavy atom. The van der Waals surface area contributed by atoms with Crippen LogP contribution < -0.4 is 0 Å². The topological polar surface area (TPSA) is 210 Å². The number of carbonyl (C=O) groups is 2. The summed E-state index contributed by atoms with van der Waals surface area (Å²) in [6.07, 6.45) is 35.3. The highest BCUT2D eigenvalue weighted by molar-refractivity contribution is 7.47. The van der Waals surface area contributed by atoms with Gasteiger partial charge in [-0.1, -0.05) is 145 Å². The van der Waals surface area contributed by atoms with Crippen molar-refractivity contribution >= 4 is 19.8 Å². The molecule has 0 aromatic carbocycles. The maximum atomic E-state index is 12.8. The van der Waals surface area contributed by atoms with E-state index in [1.165, 1.54) is 57.8 Å². The molecule has 13 nitrogen and oxygen atoms in total. The SMILES string of the molecule is CCCCCC=CCC=CCC=CCCCCCCC(=O)OC(COC(=O)CCCC=CCC=CCC=CCCCCCCCC)COP(=O)(O)OC1C(O)C(O)C(O)C(O)C1O. The molecule has 0 radical (unpaired) electrons. The summed E-state index contributed by atoms with van der Waals surface area (Å²) in [5.74, 6) is -1.19. The molecule has 362 valence electrons. The number of phosphoric acid groups is 1. The van der Waals surface area contributed by atoms with Crippen LogP contribution in [0.15, 0.2) is 72.9 Å². The Hall–Kier alpha value is -2.71. The largest absolute Gasteiger partial charge is 0.472 e. The van der Waals surface area contributed by atoms with Gasteiger partial charge in [0.1, 0.15) is 43.2 Å². The lowest BCUT2D eigenvalue weighted by Gasteiger charge is -2.41. The number of aliphatic hydroxyl groups excluding tert-OH is 5. The Kier molecular flexibility index (Phi) is 35.7. The lowest BCUT2D eigenvalue weighted by molar-refractivity contribution is -0.220. The van der Waals surface area contributed by atoms with Crippen LogP contribution in [-0.4, -0.2) is 98.3 Å². The second kappa shape index (κ2) is 38.5. The third-order valence-electron chi connectivity index (χ3n) is 10.5. The molecule has 0 aliphatic heterocycles. The van der Waals surface area contributed by atoms with Crippen molar-refractivity contribution in [3.05, 3.63) is 72.9 Å². The molecule has 14 heteroatoms. The summed E-state index contributed by atoms with van der Waals surface area (Å²) in [7, 11) is -5.14. The van der Waals surface area contributed by atoms with Crippen LogP contribution in [-0.2, 0) is 32.7 Å². The third-order valence-corrected chi connectivity index (χ3v) is 11.5. The van der Waals surface area contributed by atoms with Crippen LogP contribution in [0.3, 0.4) is 0 Å². The molecule has 0 bridgehead atoms. The van der Waals surface area contributed by atoms with Crippen molar-refractivity contribution in [1.82, 2.24) is 0 Å². The number of allylic oxidation sites excluding steroid dienone is 12. The molecular weight excluding hydrogens is 828 g/mol. The number of hydrogen-bond donors (Lipinski definition) is 6. The minimum atomic E-state index is -5.14. The maximum Gasteiger partial charge on any atom is 0.472 e. The van der Waals surface area contributed by atoms with E-state index in [1.54, 1.807) is 0 Å². The molecule has 1 saturated carbocycles. The van der Waals surface area contributed by atoms with Crippen molar-refractivity contribution in [3.8, 4) is 0 Å². The number of carbonyl (C=O) groups excluding carboxylic acids is 2. The standard InChI is InChI=1S/C49H83O13P/c1-3-5-7-9-11-13-15-17-19-21-23-25-27-29-31-33-35-37-42(50)59-39-41(40-60-63(57,58)62-49-47(55)45(53)44(52)46(54)48(49)56)61-43(51)38-36-34-32-30-28-26-24-22-20-18-16-14-12-10-8-6-4-2/h12,14,17-20,23-26,29,31,41,44-49,52-56H,3-11,13,15-16,21-22,27-28,30,32-40H2,1-2H3,(H,57,58). The molecule has 0 saturated heterocycles. The van der Waals surface area contributed by atoms with Gasteiger partial charge in [0.2, 0.25) is 0 Å². The van der Waals surface area contributed by atoms with Crippen molar-refractivity contribution in [2.24, 2.45) is 0 Å². The van der Waals surface area contributed by atoms with E-state index in [4.69, 9.17) is 18.5 Å². The summed E-state index contributed by atoms with van der Waals surface area (Å²) >= 11 is 0. The average molecular weight is 911 g/mol. The third kappa shape index (κ3) is 31.0. The van der Waals surface area contributed by atoms with Crippen LogP contribution in [0.2, 0.25) is 0 Å². The summed E-state index contributed by atoms with van der Waals surface area (Å²) in [5.41, 5.74) is 0. The van der Waals surface area contributed by atoms with E-state index in [2.05, 4.69) is 74.6 Å². The van der Waals surface area contributed by atoms with Crippen molar-refractivity contribution in [1.29, 1.82) is 0 Å². The van der Waals surface area contributed by atoms with Crippen LogP contribution in [0.1, 0.15) is 168 Å². The van der Waals surface area contributed by atoms with Gasteiger partial charge in [0.25, 0.3) is 0 Å². The number of esters is 2. The molecule has 0 amide bonds. The first-order valence-electron chi connectivity index (χ1n) is 23.7. The number of phosphoric ester groups is 1. The maximum absolute atomic E-state index is 12.8. The van der Waals surface area contributed by atoms with Gasteiger partial charge >= 0.3 is 19.8 Å². The van der Waals surface area contributed by atoms with Crippen molar-refractivity contribution in [3.63, 3.8) is 0 Å². The lowest BCUT2D eigenvalue weighted by Crippen LogP contribution is -2.64. The predicted molar refractivity (Wildman–Crippen MR) is 249 cm³/mol. The Morgan fingerprint density at radius 2 is 0.873 bits per heavy atom. The van der Waals surface area contributed by atoms with Gasteiger partial charge in [-0.15, -0.1) is 0 Å². The minimum Gasteiger partial charge on any atom is -0.462 e. The quantitative estimate of drug-likeness (QED) is 0.0148. The fourth-order valence-corrected chi connectivity index (χ4v) is 7.63. The number of ether oxygens (including phenoxy) is 2. The fraction of sp³-hybridized carbons (Fsp3) is 0.714. The van der Waals surface area contributed by atoms with Gasteiger partial charge in [-0.05, 0) is 83.5 Å². The number of hydrogen-bond acceptors (Lipinski definition) is 12. The zero-order valence-electron chi connectivity index (χ0n) is 38.3. The molecule has 0 heterocycles. The van der Waals surface area contributed by atoms with Crippen LogP contribution in [0, 0.1) is 0 Å². The van der Waals surface area contributed by atoms with E-state index < -0.39 is 75.7 Å². The number of unbranched alkanes of at least 4 members (excludes halogenated alkanes) is 14. The molecule has 0 aromatic heterocycles. The van der Waals surface area contributed by atoms with Gasteiger partial charge in [-0.2, -0.15) is 0 Å². The van der Waals surface area contributed by atoms with E-state index in [0.29, 0.717) is 19.3 Å². The van der Waals surface area contributed by atoms with Gasteiger partial charge in [-0.25, -0.2) is 4.57 Å². The van der Waals surface area contributed by atoms with E-state index in [-0.39, 0.29) is 12.8 Å². The molecule has 1 aliphatic rings. The monoisotopic (exact) mass is 911 g/mol. The van der Waals surface area contributed by atoms with Gasteiger partial charge < -0.3 is 39.9 Å². The van der Waals surface area contributed by atoms with Crippen LogP contribution in [0.4, 0.5) is 0 Å². The Bertz CT molecular complexity index is 1380. The molecule has 1 rings (SSSR count). The smallest absolute Gasteiger partial charge is 0.462 e. The van der Waals surface area contributed by atoms with Gasteiger partial charge in [0, 0.05) is 12.8 Å². The molecular formula is C49H83O13P. The molecule has 6 unspecified atom stereocenters. The summed E-state index contributed by atoms with van der Waals surface area (Å²) in [5, 5.41) is 50.2. The molecule has 63 heavy (non-hydrogen) atoms. The normalized spacial score (nSPS) is 22.3. The predicted octanol–water partition coefficient (Wildman–Crippen LogP) is 9.50. The van der Waals surface area contributed by atoms with Crippen LogP contribution >= 0.6 is 7.82 Å². The zero-order chi connectivity index (χ0) is 46.4. The molecule has 0 spiro atoms. The van der Waals surface area contributed by atoms with E-state index in [0.717, 1.165) is 64.2 Å². The number of aliphatic hydroxyl groups is 5. The first-order chi connectivity index (χ1) is 30.4. The fourth-order valence-electron chi connectivity index (χ4n) is 6.66. The zero-order valence-corrected chi connectivity index (χ0v) is 39.2. The lowest BCUT2D eigenvalue weighted by atomic mass is 9.85. The van der Waals surface area contributed by atoms with E-state index >= 15 is 0 Å². The molecule has 1 aliphatic carbocycles. The summed E-state index contributed by atoms with van der Waals surface area (Å²) in [6, 6.07) is 0. The first kappa shape index (κ1) is 58.3. The minimum absolute atomic E-state index is 0.0570. The second-order valence-electron chi connectivity index (χ2n) is 16.3. The Morgan fingerprint density at radius 1 is 0.492 bits per heavy atom. The van der Waals surface area contributed by atoms with Gasteiger partial charge in [0.05, 0.1) is 6.61 Å². The van der Waals surface area contributed by atoms with E-state index in [9.17, 15) is 44.6 Å². The van der Waals surface area contributed by atoms with Crippen LogP contribution in [0.25, 0.3) is 0 Å². The second-order valence-corrected chi connectivity index (χ2v) is 17.7. The van der Waals surface area contributed by atoms with Crippen molar-refractivity contribution < 1.29 is 63.1 Å². The van der Waals surface area contributed by atoms with Gasteiger partial charge in [0.15, 0.2) is 6.10 Å². The highest BCUT2D eigenvalue weighted by Gasteiger charge is 2.51. The average Bonchev–Trinajstić information content (AvgIpc) is 3.26. The first-order valence-corrected chi connectivity index (χ1v) is 25.2. The van der Waals surface area contributed by atoms with Crippen molar-refractivity contribution in [2.75, 3.05) is 13.2 Å². The van der Waals surface area contributed by atoms with Crippen LogP contribution in [0.5, 0.6) is 0 Å². The Labute approximate surface area is 378 Å². The summed E-state index contributed by atoms with van der Waals surface area (Å²) < 4.78 is 33.5. The molecule has 6 atom stereocenters. The highest BCUT2D eigenvalue weighted by Crippen LogP contribution is 2.47. The summed E-state index contributed by atoms with van der Waals surface area (Å²) in [6.45, 7) is 3.20.